The minimum atomic E-state index is -0.569. The molecule has 2 unspecified atom stereocenters. The van der Waals surface area contributed by atoms with Crippen molar-refractivity contribution in [3.8, 4) is 0 Å². The van der Waals surface area contributed by atoms with Crippen LogP contribution < -0.4 is 0 Å². The Morgan fingerprint density at radius 1 is 1.43 bits per heavy atom. The van der Waals surface area contributed by atoms with E-state index in [-0.39, 0.29) is 0 Å². The molecule has 1 aromatic rings. The number of nitrogens with zero attached hydrogens (tertiary/aromatic N) is 2. The largest absolute Gasteiger partial charge is 0.388 e. The summed E-state index contributed by atoms with van der Waals surface area (Å²) in [4.78, 5) is 4.71. The number of aliphatic hydroxyl groups is 1. The molecule has 1 fully saturated rings. The van der Waals surface area contributed by atoms with Crippen LogP contribution in [0.3, 0.4) is 0 Å². The summed E-state index contributed by atoms with van der Waals surface area (Å²) in [5.74, 6) is 0. The fraction of sp³-hybridized carbons (Fsp3) is 0.625. The first kappa shape index (κ1) is 17.0. The van der Waals surface area contributed by atoms with Crippen LogP contribution in [-0.2, 0) is 0 Å². The molecular weight excluding hydrogens is 307 g/mol. The third kappa shape index (κ3) is 4.57. The molecule has 2 rings (SSSR count). The molecule has 1 saturated heterocycles. The monoisotopic (exact) mass is 330 g/mol. The van der Waals surface area contributed by atoms with Gasteiger partial charge in [0.05, 0.1) is 16.1 Å². The Morgan fingerprint density at radius 3 is 2.90 bits per heavy atom. The number of aliphatic hydroxyl groups excluding tert-OH is 1. The Balaban J connectivity index is 1.88. The average Bonchev–Trinajstić information content (AvgIpc) is 2.47. The summed E-state index contributed by atoms with van der Waals surface area (Å²) in [7, 11) is 4.30. The zero-order valence-electron chi connectivity index (χ0n) is 12.7. The Morgan fingerprint density at radius 2 is 2.19 bits per heavy atom. The predicted octanol–water partition coefficient (Wildman–Crippen LogP) is 3.44. The van der Waals surface area contributed by atoms with Gasteiger partial charge in [0.2, 0.25) is 0 Å². The molecule has 1 aromatic carbocycles. The average molecular weight is 331 g/mol. The Kier molecular flexibility index (Phi) is 6.33. The fourth-order valence-corrected chi connectivity index (χ4v) is 3.37. The number of hydrogen-bond donors (Lipinski definition) is 1. The maximum absolute atomic E-state index is 10.3. The van der Waals surface area contributed by atoms with Crippen molar-refractivity contribution in [2.75, 3.05) is 33.7 Å². The molecule has 5 heteroatoms. The summed E-state index contributed by atoms with van der Waals surface area (Å²) >= 11 is 12.2. The van der Waals surface area contributed by atoms with Gasteiger partial charge in [-0.05, 0) is 46.0 Å². The van der Waals surface area contributed by atoms with E-state index >= 15 is 0 Å². The predicted molar refractivity (Wildman–Crippen MR) is 89.2 cm³/mol. The molecule has 1 aliphatic heterocycles. The van der Waals surface area contributed by atoms with Crippen LogP contribution in [0.25, 0.3) is 0 Å². The molecule has 1 heterocycles. The number of likely N-dealkylation sites (N-methyl/N-ethyl adjacent to an activating group) is 2. The molecular formula is C16H24Cl2N2O. The third-order valence-electron chi connectivity index (χ3n) is 4.32. The smallest absolute Gasteiger partial charge is 0.0817 e. The lowest BCUT2D eigenvalue weighted by atomic mass is 10.0. The van der Waals surface area contributed by atoms with E-state index in [0.29, 0.717) is 22.5 Å². The number of rotatable bonds is 5. The second kappa shape index (κ2) is 7.80. The quantitative estimate of drug-likeness (QED) is 0.895. The van der Waals surface area contributed by atoms with E-state index in [2.05, 4.69) is 23.9 Å². The molecule has 3 nitrogen and oxygen atoms in total. The van der Waals surface area contributed by atoms with Crippen molar-refractivity contribution in [3.63, 3.8) is 0 Å². The minimum absolute atomic E-state index is 0.465. The Labute approximate surface area is 137 Å². The maximum Gasteiger partial charge on any atom is 0.0817 e. The highest BCUT2D eigenvalue weighted by molar-refractivity contribution is 6.42. The van der Waals surface area contributed by atoms with Crippen LogP contribution in [0.2, 0.25) is 10.0 Å². The van der Waals surface area contributed by atoms with Gasteiger partial charge in [-0.25, -0.2) is 0 Å². The summed E-state index contributed by atoms with van der Waals surface area (Å²) in [5.41, 5.74) is 0.721. The van der Waals surface area contributed by atoms with Crippen LogP contribution in [0.15, 0.2) is 18.2 Å². The van der Waals surface area contributed by atoms with Gasteiger partial charge in [-0.1, -0.05) is 35.3 Å². The number of likely N-dealkylation sites (tertiary alicyclic amines) is 1. The van der Waals surface area contributed by atoms with Crippen molar-refractivity contribution >= 4 is 23.2 Å². The molecule has 1 aliphatic rings. The molecule has 0 bridgehead atoms. The van der Waals surface area contributed by atoms with Gasteiger partial charge in [-0.3, -0.25) is 0 Å². The van der Waals surface area contributed by atoms with E-state index in [1.807, 2.05) is 12.1 Å². The molecule has 0 aliphatic carbocycles. The van der Waals surface area contributed by atoms with Crippen LogP contribution in [0.1, 0.15) is 30.9 Å². The molecule has 0 aromatic heterocycles. The number of benzene rings is 1. The molecule has 0 spiro atoms. The maximum atomic E-state index is 10.3. The van der Waals surface area contributed by atoms with E-state index < -0.39 is 6.10 Å². The summed E-state index contributed by atoms with van der Waals surface area (Å²) in [5, 5.41) is 11.3. The molecule has 2 atom stereocenters. The van der Waals surface area contributed by atoms with E-state index in [4.69, 9.17) is 23.2 Å². The fourth-order valence-electron chi connectivity index (χ4n) is 2.94. The second-order valence-electron chi connectivity index (χ2n) is 5.99. The topological polar surface area (TPSA) is 26.7 Å². The van der Waals surface area contributed by atoms with Crippen molar-refractivity contribution in [1.29, 1.82) is 0 Å². The van der Waals surface area contributed by atoms with Gasteiger partial charge in [-0.2, -0.15) is 0 Å². The van der Waals surface area contributed by atoms with Gasteiger partial charge in [0.25, 0.3) is 0 Å². The lowest BCUT2D eigenvalue weighted by Crippen LogP contribution is -2.45. The van der Waals surface area contributed by atoms with Gasteiger partial charge < -0.3 is 14.9 Å². The summed E-state index contributed by atoms with van der Waals surface area (Å²) in [6, 6.07) is 5.98. The molecule has 0 radical (unpaired) electrons. The first-order valence-electron chi connectivity index (χ1n) is 7.49. The normalized spacial score (nSPS) is 21.7. The first-order chi connectivity index (χ1) is 9.99. The zero-order chi connectivity index (χ0) is 15.4. The highest BCUT2D eigenvalue weighted by atomic mass is 35.5. The first-order valence-corrected chi connectivity index (χ1v) is 8.25. The van der Waals surface area contributed by atoms with Crippen LogP contribution >= 0.6 is 23.2 Å². The van der Waals surface area contributed by atoms with Crippen LogP contribution in [0.5, 0.6) is 0 Å². The van der Waals surface area contributed by atoms with Gasteiger partial charge in [0, 0.05) is 24.7 Å². The summed E-state index contributed by atoms with van der Waals surface area (Å²) < 4.78 is 0. The summed E-state index contributed by atoms with van der Waals surface area (Å²) in [6.45, 7) is 3.14. The Bertz CT molecular complexity index is 470. The number of halogens is 2. The van der Waals surface area contributed by atoms with Crippen molar-refractivity contribution in [3.05, 3.63) is 33.8 Å². The van der Waals surface area contributed by atoms with Crippen molar-refractivity contribution in [2.45, 2.75) is 31.4 Å². The molecule has 21 heavy (non-hydrogen) atoms. The van der Waals surface area contributed by atoms with Gasteiger partial charge >= 0.3 is 0 Å². The van der Waals surface area contributed by atoms with Crippen LogP contribution in [0, 0.1) is 0 Å². The summed E-state index contributed by atoms with van der Waals surface area (Å²) in [6.07, 6.45) is 2.57. The standard InChI is InChI=1S/C16H24Cl2N2O/c1-19-9-4-5-12(11-19)20(2)10-8-15(21)13-6-3-7-14(17)16(13)18/h3,6-7,12,15,21H,4-5,8-11H2,1-2H3. The van der Waals surface area contributed by atoms with Crippen molar-refractivity contribution < 1.29 is 5.11 Å². The van der Waals surface area contributed by atoms with E-state index in [1.54, 1.807) is 6.07 Å². The van der Waals surface area contributed by atoms with E-state index in [9.17, 15) is 5.11 Å². The lowest BCUT2D eigenvalue weighted by molar-refractivity contribution is 0.104. The number of hydrogen-bond acceptors (Lipinski definition) is 3. The SMILES string of the molecule is CN1CCCC(N(C)CCC(O)c2cccc(Cl)c2Cl)C1. The van der Waals surface area contributed by atoms with Gasteiger partial charge in [-0.15, -0.1) is 0 Å². The highest BCUT2D eigenvalue weighted by Gasteiger charge is 2.22. The zero-order valence-corrected chi connectivity index (χ0v) is 14.2. The van der Waals surface area contributed by atoms with Crippen LogP contribution in [-0.4, -0.2) is 54.7 Å². The molecule has 118 valence electrons. The van der Waals surface area contributed by atoms with E-state index in [0.717, 1.165) is 18.7 Å². The Hall–Kier alpha value is -0.320. The number of piperidine rings is 1. The molecule has 0 saturated carbocycles. The van der Waals surface area contributed by atoms with Crippen molar-refractivity contribution in [2.24, 2.45) is 0 Å². The van der Waals surface area contributed by atoms with Crippen molar-refractivity contribution in [1.82, 2.24) is 9.80 Å². The molecule has 1 N–H and O–H groups in total. The van der Waals surface area contributed by atoms with E-state index in [1.165, 1.54) is 19.4 Å². The lowest BCUT2D eigenvalue weighted by Gasteiger charge is -2.36. The third-order valence-corrected chi connectivity index (χ3v) is 5.15. The van der Waals surface area contributed by atoms with Gasteiger partial charge in [0.1, 0.15) is 0 Å². The highest BCUT2D eigenvalue weighted by Crippen LogP contribution is 2.31. The minimum Gasteiger partial charge on any atom is -0.388 e. The van der Waals surface area contributed by atoms with Crippen LogP contribution in [0.4, 0.5) is 0 Å². The second-order valence-corrected chi connectivity index (χ2v) is 6.77. The van der Waals surface area contributed by atoms with Gasteiger partial charge in [0.15, 0.2) is 0 Å². The molecule has 0 amide bonds.